The molecule has 0 radical (unpaired) electrons. The second-order valence-electron chi connectivity index (χ2n) is 10.3. The van der Waals surface area contributed by atoms with E-state index in [1.165, 1.54) is 50.4 Å². The lowest BCUT2D eigenvalue weighted by Gasteiger charge is -2.13. The maximum absolute atomic E-state index is 14.8. The minimum Gasteiger partial charge on any atom is -0.455 e. The summed E-state index contributed by atoms with van der Waals surface area (Å²) in [6.07, 6.45) is 0. The molecule has 0 aliphatic rings. The van der Waals surface area contributed by atoms with Gasteiger partial charge in [-0.2, -0.15) is 0 Å². The number of aromatic amines is 1. The Bertz CT molecular complexity index is 2400. The van der Waals surface area contributed by atoms with E-state index in [0.717, 1.165) is 5.39 Å². The smallest absolute Gasteiger partial charge is 0.255 e. The predicted molar refractivity (Wildman–Crippen MR) is 168 cm³/mol. The average Bonchev–Trinajstić information content (AvgIpc) is 3.59. The van der Waals surface area contributed by atoms with Crippen LogP contribution in [0.3, 0.4) is 0 Å². The number of pyridine rings is 1. The molecule has 7 rings (SSSR count). The van der Waals surface area contributed by atoms with Crippen LogP contribution in [0, 0.1) is 11.6 Å². The van der Waals surface area contributed by atoms with Crippen LogP contribution >= 0.6 is 0 Å². The number of nitrogens with zero attached hydrogens (tertiary/aromatic N) is 1. The Labute approximate surface area is 249 Å². The highest BCUT2D eigenvalue weighted by Gasteiger charge is 2.25. The fraction of sp³-hybridized carbons (Fsp3) is 0.0909. The zero-order chi connectivity index (χ0) is 30.7. The summed E-state index contributed by atoms with van der Waals surface area (Å²) in [5, 5.41) is 4.95. The lowest BCUT2D eigenvalue weighted by molar-refractivity contribution is 0.0964. The number of sulfonamides is 1. The zero-order valence-electron chi connectivity index (χ0n) is 23.5. The van der Waals surface area contributed by atoms with Gasteiger partial charge in [-0.05, 0) is 55.5 Å². The van der Waals surface area contributed by atoms with Crippen molar-refractivity contribution in [1.29, 1.82) is 0 Å². The third-order valence-corrected chi connectivity index (χ3v) is 9.01. The number of rotatable bonds is 6. The van der Waals surface area contributed by atoms with E-state index in [-0.39, 0.29) is 34.2 Å². The Balaban J connectivity index is 1.52. The van der Waals surface area contributed by atoms with E-state index in [9.17, 15) is 22.0 Å². The molecule has 3 heterocycles. The molecule has 4 aromatic carbocycles. The third-order valence-electron chi connectivity index (χ3n) is 7.71. The van der Waals surface area contributed by atoms with Gasteiger partial charge in [0.1, 0.15) is 23.0 Å². The van der Waals surface area contributed by atoms with Crippen LogP contribution in [0.15, 0.2) is 83.3 Å². The minimum absolute atomic E-state index is 0.181. The lowest BCUT2D eigenvalue weighted by Crippen LogP contribution is -2.18. The molecule has 0 bridgehead atoms. The number of carbonyl (C=O) groups excluding carboxylic acids is 1. The van der Waals surface area contributed by atoms with Gasteiger partial charge in [-0.3, -0.25) is 9.52 Å². The monoisotopic (exact) mass is 610 g/mol. The topological polar surface area (TPSA) is 117 Å². The molecule has 3 N–H and O–H groups in total. The van der Waals surface area contributed by atoms with Crippen LogP contribution in [0.2, 0.25) is 0 Å². The number of benzene rings is 4. The average molecular weight is 611 g/mol. The minimum atomic E-state index is -3.74. The molecule has 0 atom stereocenters. The van der Waals surface area contributed by atoms with Gasteiger partial charge < -0.3 is 14.7 Å². The summed E-state index contributed by atoms with van der Waals surface area (Å²) in [6.45, 7) is 1.52. The Morgan fingerprint density at radius 3 is 2.50 bits per heavy atom. The molecule has 0 fully saturated rings. The normalized spacial score (nSPS) is 12.0. The first-order chi connectivity index (χ1) is 21.2. The van der Waals surface area contributed by atoms with E-state index < -0.39 is 21.7 Å². The Hall–Kier alpha value is -5.29. The first-order valence-electron chi connectivity index (χ1n) is 13.8. The van der Waals surface area contributed by atoms with Crippen molar-refractivity contribution in [1.82, 2.24) is 15.3 Å². The quantitative estimate of drug-likeness (QED) is 0.182. The summed E-state index contributed by atoms with van der Waals surface area (Å²) < 4.78 is 62.8. The van der Waals surface area contributed by atoms with Gasteiger partial charge in [0.15, 0.2) is 0 Å². The number of H-pyrrole nitrogens is 1. The van der Waals surface area contributed by atoms with Gasteiger partial charge >= 0.3 is 0 Å². The van der Waals surface area contributed by atoms with Crippen LogP contribution in [-0.4, -0.2) is 37.1 Å². The van der Waals surface area contributed by atoms with Crippen molar-refractivity contribution in [3.63, 3.8) is 0 Å². The highest BCUT2D eigenvalue weighted by molar-refractivity contribution is 7.92. The van der Waals surface area contributed by atoms with Gasteiger partial charge in [0.2, 0.25) is 10.0 Å². The number of furan rings is 1. The van der Waals surface area contributed by atoms with E-state index in [2.05, 4.69) is 15.0 Å². The molecule has 220 valence electrons. The number of carbonyl (C=O) groups is 1. The second-order valence-corrected chi connectivity index (χ2v) is 12.3. The molecule has 0 spiro atoms. The van der Waals surface area contributed by atoms with Crippen LogP contribution in [0.25, 0.3) is 66.3 Å². The van der Waals surface area contributed by atoms with Gasteiger partial charge in [-0.1, -0.05) is 24.3 Å². The molecule has 44 heavy (non-hydrogen) atoms. The maximum Gasteiger partial charge on any atom is 0.255 e. The van der Waals surface area contributed by atoms with Gasteiger partial charge in [-0.15, -0.1) is 0 Å². The van der Waals surface area contributed by atoms with E-state index in [1.807, 2.05) is 18.2 Å². The van der Waals surface area contributed by atoms with Crippen molar-refractivity contribution in [2.75, 3.05) is 17.5 Å². The summed E-state index contributed by atoms with van der Waals surface area (Å²) in [5.74, 6) is -1.22. The van der Waals surface area contributed by atoms with Crippen molar-refractivity contribution in [3.8, 4) is 22.6 Å². The van der Waals surface area contributed by atoms with Gasteiger partial charge in [0.25, 0.3) is 5.91 Å². The molecule has 8 nitrogen and oxygen atoms in total. The van der Waals surface area contributed by atoms with Crippen molar-refractivity contribution >= 4 is 65.3 Å². The highest BCUT2D eigenvalue weighted by atomic mass is 32.2. The molecule has 7 aromatic rings. The molecule has 0 unspecified atom stereocenters. The molecular weight excluding hydrogens is 586 g/mol. The predicted octanol–water partition coefficient (Wildman–Crippen LogP) is 7.35. The summed E-state index contributed by atoms with van der Waals surface area (Å²) in [6, 6.07) is 20.8. The molecule has 3 aromatic heterocycles. The molecule has 11 heteroatoms. The number of nitrogens with one attached hydrogen (secondary N) is 3. The van der Waals surface area contributed by atoms with Gasteiger partial charge in [-0.25, -0.2) is 22.2 Å². The molecule has 0 aliphatic carbocycles. The van der Waals surface area contributed by atoms with Crippen LogP contribution in [0.4, 0.5) is 14.5 Å². The van der Waals surface area contributed by atoms with Crippen molar-refractivity contribution in [3.05, 3.63) is 96.1 Å². The number of aromatic nitrogens is 2. The second kappa shape index (κ2) is 10.2. The number of amides is 1. The number of hydrogen-bond acceptors (Lipinski definition) is 5. The fourth-order valence-electron chi connectivity index (χ4n) is 5.54. The molecular formula is C33H24F2N4O4S. The number of hydrogen-bond donors (Lipinski definition) is 3. The maximum atomic E-state index is 14.8. The lowest BCUT2D eigenvalue weighted by atomic mass is 10.0. The first kappa shape index (κ1) is 27.5. The Kier molecular flexibility index (Phi) is 6.36. The zero-order valence-corrected chi connectivity index (χ0v) is 24.3. The third kappa shape index (κ3) is 4.44. The van der Waals surface area contributed by atoms with Crippen molar-refractivity contribution in [2.45, 2.75) is 6.92 Å². The van der Waals surface area contributed by atoms with Crippen LogP contribution in [-0.2, 0) is 10.0 Å². The van der Waals surface area contributed by atoms with Crippen molar-refractivity contribution < 1.29 is 26.4 Å². The van der Waals surface area contributed by atoms with E-state index in [4.69, 9.17) is 9.40 Å². The van der Waals surface area contributed by atoms with E-state index >= 15 is 0 Å². The fourth-order valence-corrected chi connectivity index (χ4v) is 6.19. The summed E-state index contributed by atoms with van der Waals surface area (Å²) in [7, 11) is -2.25. The molecule has 0 saturated heterocycles. The molecule has 0 aliphatic heterocycles. The summed E-state index contributed by atoms with van der Waals surface area (Å²) >= 11 is 0. The Morgan fingerprint density at radius 1 is 0.977 bits per heavy atom. The van der Waals surface area contributed by atoms with E-state index in [1.54, 1.807) is 24.3 Å². The summed E-state index contributed by atoms with van der Waals surface area (Å²) in [5.41, 5.74) is 3.74. The SMILES string of the molecule is CCS(=O)(=O)Nc1cc2oc(-c3ccc(F)cc3)c(C(=O)NC)c2cc1-c1ccc2ccc3c([nH]c4cccc(F)c43)c2n1. The molecule has 1 amide bonds. The van der Waals surface area contributed by atoms with Crippen LogP contribution < -0.4 is 10.0 Å². The largest absolute Gasteiger partial charge is 0.455 e. The number of fused-ring (bicyclic) bond motifs is 6. The number of anilines is 1. The number of halogens is 2. The molecule has 0 saturated carbocycles. The van der Waals surface area contributed by atoms with E-state index in [0.29, 0.717) is 49.5 Å². The van der Waals surface area contributed by atoms with Crippen molar-refractivity contribution in [2.24, 2.45) is 0 Å². The summed E-state index contributed by atoms with van der Waals surface area (Å²) in [4.78, 5) is 21.4. The van der Waals surface area contributed by atoms with Crippen LogP contribution in [0.1, 0.15) is 17.3 Å². The van der Waals surface area contributed by atoms with Crippen LogP contribution in [0.5, 0.6) is 0 Å². The van der Waals surface area contributed by atoms with Gasteiger partial charge in [0, 0.05) is 51.3 Å². The van der Waals surface area contributed by atoms with Gasteiger partial charge in [0.05, 0.1) is 33.7 Å². The Morgan fingerprint density at radius 2 is 1.75 bits per heavy atom. The first-order valence-corrected chi connectivity index (χ1v) is 15.4. The highest BCUT2D eigenvalue weighted by Crippen LogP contribution is 2.41. The standard InChI is InChI=1S/C33H24F2N4O4S/c1-3-44(41,42)39-26-16-27-22(29(33(40)36-2)32(43-27)18-7-11-19(34)12-8-18)15-21(26)24-14-10-17-9-13-20-28-23(35)5-4-6-25(28)38-31(20)30(17)37-24/h4-16,38-39H,3H2,1-2H3,(H,36,40).